The summed E-state index contributed by atoms with van der Waals surface area (Å²) in [7, 11) is 0. The van der Waals surface area contributed by atoms with Crippen molar-refractivity contribution in [3.05, 3.63) is 0 Å². The van der Waals surface area contributed by atoms with Crippen molar-refractivity contribution in [1.29, 1.82) is 0 Å². The van der Waals surface area contributed by atoms with Gasteiger partial charge in [-0.1, -0.05) is 13.8 Å². The van der Waals surface area contributed by atoms with E-state index in [2.05, 4.69) is 39.1 Å². The molecule has 7 heteroatoms. The maximum atomic E-state index is 10.3. The molecule has 7 unspecified atom stereocenters. The minimum atomic E-state index is -0.692. The van der Waals surface area contributed by atoms with Crippen LogP contribution in [-0.2, 0) is 18.9 Å². The van der Waals surface area contributed by atoms with E-state index in [9.17, 15) is 5.11 Å². The summed E-state index contributed by atoms with van der Waals surface area (Å²) in [6, 6.07) is 0. The van der Waals surface area contributed by atoms with Gasteiger partial charge in [0.05, 0.1) is 24.9 Å². The second-order valence-corrected chi connectivity index (χ2v) is 7.20. The second-order valence-electron chi connectivity index (χ2n) is 6.39. The van der Waals surface area contributed by atoms with Crippen LogP contribution in [0.1, 0.15) is 39.5 Å². The lowest BCUT2D eigenvalue weighted by molar-refractivity contribution is -0.307. The van der Waals surface area contributed by atoms with E-state index >= 15 is 0 Å². The van der Waals surface area contributed by atoms with Crippen LogP contribution in [0.15, 0.2) is 0 Å². The number of rotatable bonds is 7. The highest BCUT2D eigenvalue weighted by Gasteiger charge is 2.40. The van der Waals surface area contributed by atoms with Gasteiger partial charge in [0.25, 0.3) is 0 Å². The lowest BCUT2D eigenvalue weighted by atomic mass is 9.97. The Morgan fingerprint density at radius 1 is 1.17 bits per heavy atom. The van der Waals surface area contributed by atoms with Gasteiger partial charge in [-0.15, -0.1) is 0 Å². The van der Waals surface area contributed by atoms with Crippen LogP contribution in [0.4, 0.5) is 0 Å². The number of thiol groups is 2. The normalized spacial score (nSPS) is 41.9. The Kier molecular flexibility index (Phi) is 8.49. The first kappa shape index (κ1) is 19.8. The van der Waals surface area contributed by atoms with Crippen LogP contribution in [0.3, 0.4) is 0 Å². The fourth-order valence-electron chi connectivity index (χ4n) is 3.12. The molecule has 0 aliphatic carbocycles. The molecule has 0 bridgehead atoms. The Balaban J connectivity index is 1.93. The van der Waals surface area contributed by atoms with Crippen LogP contribution in [0, 0.1) is 5.92 Å². The van der Waals surface area contributed by atoms with Gasteiger partial charge in [0.15, 0.2) is 12.6 Å². The Morgan fingerprint density at radius 3 is 2.61 bits per heavy atom. The summed E-state index contributed by atoms with van der Waals surface area (Å²) in [6.45, 7) is 4.65. The zero-order chi connectivity index (χ0) is 16.8. The van der Waals surface area contributed by atoms with Crippen LogP contribution in [0.25, 0.3) is 0 Å². The van der Waals surface area contributed by atoms with Gasteiger partial charge in [-0.25, -0.2) is 0 Å². The third kappa shape index (κ3) is 5.49. The lowest BCUT2D eigenvalue weighted by Crippen LogP contribution is -2.51. The molecule has 0 spiro atoms. The summed E-state index contributed by atoms with van der Waals surface area (Å²) in [6.07, 6.45) is 1.69. The van der Waals surface area contributed by atoms with E-state index in [0.717, 1.165) is 19.3 Å². The highest BCUT2D eigenvalue weighted by molar-refractivity contribution is 7.80. The van der Waals surface area contributed by atoms with E-state index in [-0.39, 0.29) is 24.6 Å². The van der Waals surface area contributed by atoms with Crippen LogP contribution < -0.4 is 0 Å². The van der Waals surface area contributed by atoms with Crippen molar-refractivity contribution in [1.82, 2.24) is 0 Å². The second kappa shape index (κ2) is 9.85. The lowest BCUT2D eigenvalue weighted by Gasteiger charge is -2.42. The summed E-state index contributed by atoms with van der Waals surface area (Å²) in [4.78, 5) is 0. The molecule has 1 N–H and O–H groups in total. The van der Waals surface area contributed by atoms with E-state index in [4.69, 9.17) is 18.9 Å². The van der Waals surface area contributed by atoms with Crippen molar-refractivity contribution in [3.8, 4) is 0 Å². The minimum absolute atomic E-state index is 0.101. The van der Waals surface area contributed by atoms with Gasteiger partial charge in [-0.3, -0.25) is 0 Å². The molecule has 0 aromatic heterocycles. The van der Waals surface area contributed by atoms with Gasteiger partial charge in [0.1, 0.15) is 6.10 Å². The van der Waals surface area contributed by atoms with Gasteiger partial charge in [-0.05, 0) is 19.3 Å². The van der Waals surface area contributed by atoms with E-state index in [1.165, 1.54) is 0 Å². The smallest absolute Gasteiger partial charge is 0.183 e. The van der Waals surface area contributed by atoms with Crippen molar-refractivity contribution >= 4 is 25.3 Å². The first-order chi connectivity index (χ1) is 11.1. The molecule has 2 heterocycles. The average Bonchev–Trinajstić information content (AvgIpc) is 2.56. The highest BCUT2D eigenvalue weighted by atomic mass is 32.1. The third-order valence-corrected chi connectivity index (χ3v) is 5.12. The zero-order valence-electron chi connectivity index (χ0n) is 14.0. The molecule has 2 rings (SSSR count). The SMILES string of the molecule is CCC1OC(OCCS)C(O)CC1OC1OC(CS)CCC1C. The van der Waals surface area contributed by atoms with Gasteiger partial charge in [0, 0.05) is 23.8 Å². The molecule has 0 aromatic rings. The molecule has 2 aliphatic heterocycles. The average molecular weight is 367 g/mol. The predicted molar refractivity (Wildman–Crippen MR) is 95.2 cm³/mol. The number of hydrogen-bond acceptors (Lipinski definition) is 7. The molecule has 2 fully saturated rings. The summed E-state index contributed by atoms with van der Waals surface area (Å²) in [5, 5.41) is 10.3. The first-order valence-corrected chi connectivity index (χ1v) is 9.83. The summed E-state index contributed by atoms with van der Waals surface area (Å²) in [5.41, 5.74) is 0. The zero-order valence-corrected chi connectivity index (χ0v) is 15.8. The Bertz CT molecular complexity index is 346. The van der Waals surface area contributed by atoms with Gasteiger partial charge < -0.3 is 24.1 Å². The molecular formula is C16H30O5S2. The Morgan fingerprint density at radius 2 is 1.96 bits per heavy atom. The highest BCUT2D eigenvalue weighted by Crippen LogP contribution is 2.32. The molecule has 0 radical (unpaired) electrons. The number of aliphatic hydroxyl groups excluding tert-OH is 1. The Hall–Kier alpha value is 0.500. The van der Waals surface area contributed by atoms with Gasteiger partial charge >= 0.3 is 0 Å². The van der Waals surface area contributed by atoms with E-state index in [0.29, 0.717) is 30.5 Å². The number of hydrogen-bond donors (Lipinski definition) is 3. The molecule has 0 amide bonds. The molecule has 0 aromatic carbocycles. The summed E-state index contributed by atoms with van der Waals surface area (Å²) in [5.74, 6) is 1.63. The van der Waals surface area contributed by atoms with Crippen molar-refractivity contribution in [2.24, 2.45) is 5.92 Å². The van der Waals surface area contributed by atoms with Crippen LogP contribution in [0.5, 0.6) is 0 Å². The van der Waals surface area contributed by atoms with Crippen LogP contribution in [-0.4, -0.2) is 60.2 Å². The molecule has 0 saturated carbocycles. The fourth-order valence-corrected chi connectivity index (χ4v) is 3.50. The maximum Gasteiger partial charge on any atom is 0.183 e. The number of aliphatic hydroxyl groups is 1. The quantitative estimate of drug-likeness (QED) is 0.604. The Labute approximate surface area is 150 Å². The molecule has 7 atom stereocenters. The fraction of sp³-hybridized carbons (Fsp3) is 1.00. The third-order valence-electron chi connectivity index (χ3n) is 4.54. The monoisotopic (exact) mass is 366 g/mol. The minimum Gasteiger partial charge on any atom is -0.388 e. The first-order valence-electron chi connectivity index (χ1n) is 8.56. The van der Waals surface area contributed by atoms with E-state index < -0.39 is 12.4 Å². The van der Waals surface area contributed by atoms with Gasteiger partial charge in [-0.2, -0.15) is 25.3 Å². The molecule has 2 aliphatic rings. The maximum absolute atomic E-state index is 10.3. The van der Waals surface area contributed by atoms with Crippen molar-refractivity contribution in [2.75, 3.05) is 18.1 Å². The molecule has 2 saturated heterocycles. The molecular weight excluding hydrogens is 336 g/mol. The van der Waals surface area contributed by atoms with Crippen molar-refractivity contribution in [3.63, 3.8) is 0 Å². The predicted octanol–water partition coefficient (Wildman–Crippen LogP) is 2.27. The number of ether oxygens (including phenoxy) is 4. The van der Waals surface area contributed by atoms with Crippen molar-refractivity contribution < 1.29 is 24.1 Å². The van der Waals surface area contributed by atoms with Crippen LogP contribution in [0.2, 0.25) is 0 Å². The summed E-state index contributed by atoms with van der Waals surface area (Å²) >= 11 is 8.44. The largest absolute Gasteiger partial charge is 0.388 e. The van der Waals surface area contributed by atoms with Crippen molar-refractivity contribution in [2.45, 2.75) is 76.5 Å². The topological polar surface area (TPSA) is 57.2 Å². The molecule has 23 heavy (non-hydrogen) atoms. The summed E-state index contributed by atoms with van der Waals surface area (Å²) < 4.78 is 23.6. The molecule has 136 valence electrons. The standard InChI is InChI=1S/C16H30O5S2/c1-3-13-14(8-12(17)16(20-13)18-6-7-22)21-15-10(2)4-5-11(9-23)19-15/h10-17,22-23H,3-9H2,1-2H3. The van der Waals surface area contributed by atoms with Gasteiger partial charge in [0.2, 0.25) is 0 Å². The molecule has 5 nitrogen and oxygen atoms in total. The van der Waals surface area contributed by atoms with Crippen LogP contribution >= 0.6 is 25.3 Å². The van der Waals surface area contributed by atoms with E-state index in [1.54, 1.807) is 0 Å². The van der Waals surface area contributed by atoms with E-state index in [1.807, 2.05) is 0 Å².